The van der Waals surface area contributed by atoms with Gasteiger partial charge in [0.25, 0.3) is 5.65 Å². The molecule has 0 saturated carbocycles. The molecule has 0 aliphatic rings. The van der Waals surface area contributed by atoms with Crippen molar-refractivity contribution in [2.75, 3.05) is 0 Å². The number of nitrogens with zero attached hydrogens (tertiary/aromatic N) is 5. The second-order valence-electron chi connectivity index (χ2n) is 5.32. The number of hydrogen-bond donors (Lipinski definition) is 1. The molecule has 0 bridgehead atoms. The first-order valence-electron chi connectivity index (χ1n) is 7.33. The maximum absolute atomic E-state index is 11.3. The van der Waals surface area contributed by atoms with Gasteiger partial charge in [-0.25, -0.2) is 0 Å². The quantitative estimate of drug-likeness (QED) is 0.449. The van der Waals surface area contributed by atoms with Crippen LogP contribution in [0, 0.1) is 10.1 Å². The molecule has 0 unspecified atom stereocenters. The molecule has 0 atom stereocenters. The number of aromatic hydroxyl groups is 1. The van der Waals surface area contributed by atoms with Gasteiger partial charge in [0.05, 0.1) is 15.8 Å². The summed E-state index contributed by atoms with van der Waals surface area (Å²) in [5.41, 5.74) is 0.759. The summed E-state index contributed by atoms with van der Waals surface area (Å²) >= 11 is 0. The van der Waals surface area contributed by atoms with Gasteiger partial charge in [-0.15, -0.1) is 5.10 Å². The Morgan fingerprint density at radius 3 is 2.76 bits per heavy atom. The Bertz CT molecular complexity index is 1090. The van der Waals surface area contributed by atoms with E-state index in [4.69, 9.17) is 4.74 Å². The van der Waals surface area contributed by atoms with E-state index in [1.54, 1.807) is 12.1 Å². The molecule has 0 radical (unpaired) electrons. The molecule has 9 heteroatoms. The molecule has 0 spiro atoms. The lowest BCUT2D eigenvalue weighted by molar-refractivity contribution is -0.384. The van der Waals surface area contributed by atoms with Crippen molar-refractivity contribution in [3.63, 3.8) is 0 Å². The van der Waals surface area contributed by atoms with E-state index in [1.807, 2.05) is 30.3 Å². The zero-order valence-electron chi connectivity index (χ0n) is 12.7. The third-order valence-electron chi connectivity index (χ3n) is 3.79. The standard InChI is InChI=1S/C16H11N5O4/c22-15-12-8-11(25-9-10-4-2-1-3-5-10)6-7-13(12)20-16(17-18-19-20)14(15)21(23)24/h1-8,22H,9H2. The van der Waals surface area contributed by atoms with Gasteiger partial charge in [0.15, 0.2) is 0 Å². The third kappa shape index (κ3) is 2.47. The first kappa shape index (κ1) is 14.8. The number of aromatic nitrogens is 4. The van der Waals surface area contributed by atoms with E-state index in [0.29, 0.717) is 17.9 Å². The van der Waals surface area contributed by atoms with Crippen LogP contribution in [0.2, 0.25) is 0 Å². The molecule has 2 aromatic heterocycles. The Hall–Kier alpha value is -3.75. The van der Waals surface area contributed by atoms with Gasteiger partial charge >= 0.3 is 5.69 Å². The monoisotopic (exact) mass is 337 g/mol. The fraction of sp³-hybridized carbons (Fsp3) is 0.0625. The molecule has 0 amide bonds. The maximum Gasteiger partial charge on any atom is 0.357 e. The Balaban J connectivity index is 1.81. The zero-order valence-corrected chi connectivity index (χ0v) is 12.7. The van der Waals surface area contributed by atoms with E-state index in [2.05, 4.69) is 15.5 Å². The topological polar surface area (TPSA) is 116 Å². The number of benzene rings is 2. The third-order valence-corrected chi connectivity index (χ3v) is 3.79. The summed E-state index contributed by atoms with van der Waals surface area (Å²) < 4.78 is 6.92. The summed E-state index contributed by atoms with van der Waals surface area (Å²) in [6.45, 7) is 0.336. The van der Waals surface area contributed by atoms with Gasteiger partial charge in [-0.2, -0.15) is 4.52 Å². The highest BCUT2D eigenvalue weighted by atomic mass is 16.6. The Labute approximate surface area is 140 Å². The van der Waals surface area contributed by atoms with E-state index < -0.39 is 16.4 Å². The smallest absolute Gasteiger partial charge is 0.357 e. The van der Waals surface area contributed by atoms with Crippen molar-refractivity contribution in [2.24, 2.45) is 0 Å². The van der Waals surface area contributed by atoms with Gasteiger partial charge in [-0.1, -0.05) is 30.3 Å². The maximum atomic E-state index is 11.3. The van der Waals surface area contributed by atoms with Crippen molar-refractivity contribution in [3.8, 4) is 11.5 Å². The molecule has 0 aliphatic heterocycles. The van der Waals surface area contributed by atoms with E-state index in [-0.39, 0.29) is 11.0 Å². The predicted molar refractivity (Wildman–Crippen MR) is 87.4 cm³/mol. The zero-order chi connectivity index (χ0) is 17.4. The molecular weight excluding hydrogens is 326 g/mol. The van der Waals surface area contributed by atoms with Crippen LogP contribution < -0.4 is 4.74 Å². The molecular formula is C16H11N5O4. The molecule has 0 saturated heterocycles. The molecule has 0 fully saturated rings. The summed E-state index contributed by atoms with van der Waals surface area (Å²) in [4.78, 5) is 10.6. The Morgan fingerprint density at radius 1 is 1.20 bits per heavy atom. The summed E-state index contributed by atoms with van der Waals surface area (Å²) in [5, 5.41) is 32.7. The van der Waals surface area contributed by atoms with Crippen LogP contribution in [0.3, 0.4) is 0 Å². The van der Waals surface area contributed by atoms with Crippen molar-refractivity contribution in [1.29, 1.82) is 0 Å². The Kier molecular flexibility index (Phi) is 3.38. The van der Waals surface area contributed by atoms with Gasteiger partial charge in [-0.3, -0.25) is 10.1 Å². The van der Waals surface area contributed by atoms with Gasteiger partial charge in [0.2, 0.25) is 5.75 Å². The molecule has 25 heavy (non-hydrogen) atoms. The lowest BCUT2D eigenvalue weighted by Gasteiger charge is -2.09. The van der Waals surface area contributed by atoms with Crippen LogP contribution in [0.25, 0.3) is 16.6 Å². The average molecular weight is 337 g/mol. The summed E-state index contributed by atoms with van der Waals surface area (Å²) in [6.07, 6.45) is 0. The highest BCUT2D eigenvalue weighted by molar-refractivity contribution is 5.94. The highest BCUT2D eigenvalue weighted by Crippen LogP contribution is 2.38. The van der Waals surface area contributed by atoms with Crippen LogP contribution in [0.5, 0.6) is 11.5 Å². The van der Waals surface area contributed by atoms with Gasteiger partial charge < -0.3 is 9.84 Å². The summed E-state index contributed by atoms with van der Waals surface area (Å²) in [5.74, 6) is -0.0270. The van der Waals surface area contributed by atoms with Crippen molar-refractivity contribution in [3.05, 3.63) is 64.2 Å². The van der Waals surface area contributed by atoms with Crippen molar-refractivity contribution < 1.29 is 14.8 Å². The van der Waals surface area contributed by atoms with Crippen LogP contribution in [-0.2, 0) is 6.61 Å². The molecule has 4 aromatic rings. The average Bonchev–Trinajstić information content (AvgIpc) is 3.10. The van der Waals surface area contributed by atoms with E-state index >= 15 is 0 Å². The minimum absolute atomic E-state index is 0.118. The molecule has 124 valence electrons. The number of fused-ring (bicyclic) bond motifs is 3. The second-order valence-corrected chi connectivity index (χ2v) is 5.32. The molecule has 0 aliphatic carbocycles. The molecule has 9 nitrogen and oxygen atoms in total. The van der Waals surface area contributed by atoms with Crippen molar-refractivity contribution in [2.45, 2.75) is 6.61 Å². The minimum Gasteiger partial charge on any atom is -0.502 e. The van der Waals surface area contributed by atoms with E-state index in [9.17, 15) is 15.2 Å². The van der Waals surface area contributed by atoms with Gasteiger partial charge in [0, 0.05) is 0 Å². The number of rotatable bonds is 4. The van der Waals surface area contributed by atoms with Gasteiger partial charge in [-0.05, 0) is 34.2 Å². The molecule has 2 aromatic carbocycles. The first-order valence-corrected chi connectivity index (χ1v) is 7.33. The number of tetrazole rings is 1. The number of pyridine rings is 1. The van der Waals surface area contributed by atoms with E-state index in [1.165, 1.54) is 10.6 Å². The fourth-order valence-corrected chi connectivity index (χ4v) is 2.62. The second kappa shape index (κ2) is 5.71. The van der Waals surface area contributed by atoms with Crippen molar-refractivity contribution in [1.82, 2.24) is 20.0 Å². The number of hydrogen-bond acceptors (Lipinski definition) is 7. The fourth-order valence-electron chi connectivity index (χ4n) is 2.62. The molecule has 2 heterocycles. The van der Waals surface area contributed by atoms with Crippen LogP contribution in [-0.4, -0.2) is 30.1 Å². The lowest BCUT2D eigenvalue weighted by atomic mass is 10.1. The summed E-state index contributed by atoms with van der Waals surface area (Å²) in [7, 11) is 0. The molecule has 4 rings (SSSR count). The van der Waals surface area contributed by atoms with Crippen LogP contribution in [0.15, 0.2) is 48.5 Å². The van der Waals surface area contributed by atoms with Crippen LogP contribution >= 0.6 is 0 Å². The predicted octanol–water partition coefficient (Wildman–Crippen LogP) is 2.47. The number of ether oxygens (including phenoxy) is 1. The lowest BCUT2D eigenvalue weighted by Crippen LogP contribution is -1.99. The van der Waals surface area contributed by atoms with Crippen LogP contribution in [0.1, 0.15) is 5.56 Å². The van der Waals surface area contributed by atoms with Gasteiger partial charge in [0.1, 0.15) is 12.4 Å². The van der Waals surface area contributed by atoms with E-state index in [0.717, 1.165) is 5.56 Å². The highest BCUT2D eigenvalue weighted by Gasteiger charge is 2.26. The largest absolute Gasteiger partial charge is 0.502 e. The summed E-state index contributed by atoms with van der Waals surface area (Å²) in [6, 6.07) is 14.4. The van der Waals surface area contributed by atoms with Crippen LogP contribution in [0.4, 0.5) is 5.69 Å². The number of nitro groups is 1. The molecule has 1 N–H and O–H groups in total. The minimum atomic E-state index is -0.710. The van der Waals surface area contributed by atoms with Crippen molar-refractivity contribution >= 4 is 22.2 Å². The normalized spacial score (nSPS) is 11.0. The first-order chi connectivity index (χ1) is 12.1. The Morgan fingerprint density at radius 2 is 2.00 bits per heavy atom. The SMILES string of the molecule is O=[N+]([O-])c1c(O)c2cc(OCc3ccccc3)ccc2n2nnnc12.